The van der Waals surface area contributed by atoms with Gasteiger partial charge in [-0.05, 0) is 132 Å². The molecule has 230 valence electrons. The highest BCUT2D eigenvalue weighted by Crippen LogP contribution is 2.39. The van der Waals surface area contributed by atoms with E-state index in [1.807, 2.05) is 0 Å². The van der Waals surface area contributed by atoms with E-state index in [4.69, 9.17) is 0 Å². The lowest BCUT2D eigenvalue weighted by Gasteiger charge is -2.27. The van der Waals surface area contributed by atoms with E-state index in [0.29, 0.717) is 0 Å². The van der Waals surface area contributed by atoms with Crippen LogP contribution >= 0.6 is 0 Å². The lowest BCUT2D eigenvalue weighted by atomic mass is 10.0. The monoisotopic (exact) mass is 600 g/mol. The van der Waals surface area contributed by atoms with Gasteiger partial charge in [-0.3, -0.25) is 0 Å². The topological polar surface area (TPSA) is 6.48 Å². The molecule has 0 heterocycles. The molecule has 0 saturated carbocycles. The molecule has 0 aliphatic carbocycles. The highest BCUT2D eigenvalue weighted by molar-refractivity contribution is 5.81. The number of hydrogen-bond donors (Lipinski definition) is 0. The van der Waals surface area contributed by atoms with Gasteiger partial charge in [-0.2, -0.15) is 0 Å². The first kappa shape index (κ1) is 30.9. The number of anilines is 6. The molecule has 0 N–H and O–H groups in total. The van der Waals surface area contributed by atoms with Crippen molar-refractivity contribution in [2.75, 3.05) is 9.80 Å². The van der Waals surface area contributed by atoms with Gasteiger partial charge in [0.2, 0.25) is 0 Å². The maximum Gasteiger partial charge on any atom is 0.0464 e. The van der Waals surface area contributed by atoms with E-state index in [1.165, 1.54) is 56.1 Å². The minimum atomic E-state index is 1.01. The molecule has 0 bridgehead atoms. The van der Waals surface area contributed by atoms with Crippen LogP contribution in [0.1, 0.15) is 49.9 Å². The number of nitrogens with zero attached hydrogens (tertiary/aromatic N) is 2. The van der Waals surface area contributed by atoms with Crippen molar-refractivity contribution in [2.24, 2.45) is 0 Å². The first-order chi connectivity index (χ1) is 22.6. The van der Waals surface area contributed by atoms with E-state index in [2.05, 4.69) is 183 Å². The van der Waals surface area contributed by atoms with E-state index in [-0.39, 0.29) is 0 Å². The van der Waals surface area contributed by atoms with Gasteiger partial charge in [0, 0.05) is 34.1 Å². The van der Waals surface area contributed by atoms with Gasteiger partial charge in [-0.25, -0.2) is 0 Å². The van der Waals surface area contributed by atoms with Crippen molar-refractivity contribution in [1.82, 2.24) is 0 Å². The number of rotatable bonds is 11. The largest absolute Gasteiger partial charge is 0.310 e. The zero-order chi connectivity index (χ0) is 31.9. The molecule has 46 heavy (non-hydrogen) atoms. The maximum absolute atomic E-state index is 2.37. The van der Waals surface area contributed by atoms with Crippen molar-refractivity contribution in [2.45, 2.75) is 53.4 Å². The van der Waals surface area contributed by atoms with Gasteiger partial charge in [0.15, 0.2) is 0 Å². The van der Waals surface area contributed by atoms with Crippen LogP contribution in [0.25, 0.3) is 11.1 Å². The smallest absolute Gasteiger partial charge is 0.0464 e. The summed E-state index contributed by atoms with van der Waals surface area (Å²) in [6, 6.07) is 53.6. The Hall–Kier alpha value is -5.08. The zero-order valence-electron chi connectivity index (χ0n) is 27.6. The SMILES string of the molecule is CCc1cccc(N(c2ccc(-c3ccc(N(c4cccc(CC)c4)c4cccc(CC)c4)cc3)cc2)c2cccc(CC)c2)c1. The molecular weight excluding hydrogens is 556 g/mol. The van der Waals surface area contributed by atoms with E-state index in [0.717, 1.165) is 37.1 Å². The van der Waals surface area contributed by atoms with Gasteiger partial charge < -0.3 is 9.80 Å². The quantitative estimate of drug-likeness (QED) is 0.146. The summed E-state index contributed by atoms with van der Waals surface area (Å²) < 4.78 is 0. The first-order valence-electron chi connectivity index (χ1n) is 16.8. The molecule has 6 aromatic rings. The second kappa shape index (κ2) is 14.3. The van der Waals surface area contributed by atoms with Crippen LogP contribution in [0.2, 0.25) is 0 Å². The van der Waals surface area contributed by atoms with Crippen molar-refractivity contribution in [1.29, 1.82) is 0 Å². The molecule has 0 amide bonds. The Balaban J connectivity index is 1.34. The van der Waals surface area contributed by atoms with Gasteiger partial charge >= 0.3 is 0 Å². The number of hydrogen-bond acceptors (Lipinski definition) is 2. The molecule has 2 nitrogen and oxygen atoms in total. The lowest BCUT2D eigenvalue weighted by molar-refractivity contribution is 1.12. The minimum absolute atomic E-state index is 1.01. The van der Waals surface area contributed by atoms with E-state index < -0.39 is 0 Å². The Morgan fingerprint density at radius 2 is 0.565 bits per heavy atom. The van der Waals surface area contributed by atoms with Crippen LogP contribution < -0.4 is 9.80 Å². The molecule has 0 aliphatic rings. The molecule has 0 unspecified atom stereocenters. The Labute approximate surface area is 275 Å². The van der Waals surface area contributed by atoms with E-state index in [9.17, 15) is 0 Å². The molecule has 2 heteroatoms. The third kappa shape index (κ3) is 6.77. The molecule has 0 aliphatic heterocycles. The van der Waals surface area contributed by atoms with Gasteiger partial charge in [0.25, 0.3) is 0 Å². The summed E-state index contributed by atoms with van der Waals surface area (Å²) in [5, 5.41) is 0. The van der Waals surface area contributed by atoms with Crippen LogP contribution in [-0.4, -0.2) is 0 Å². The van der Waals surface area contributed by atoms with Crippen LogP contribution in [0.3, 0.4) is 0 Å². The van der Waals surface area contributed by atoms with Crippen molar-refractivity contribution < 1.29 is 0 Å². The predicted molar refractivity (Wildman–Crippen MR) is 199 cm³/mol. The highest BCUT2D eigenvalue weighted by Gasteiger charge is 2.16. The van der Waals surface area contributed by atoms with Gasteiger partial charge in [-0.1, -0.05) is 100 Å². The third-order valence-electron chi connectivity index (χ3n) is 8.89. The summed E-state index contributed by atoms with van der Waals surface area (Å²) in [5.74, 6) is 0. The second-order valence-corrected chi connectivity index (χ2v) is 11.9. The lowest BCUT2D eigenvalue weighted by Crippen LogP contribution is -2.11. The zero-order valence-corrected chi connectivity index (χ0v) is 27.6. The summed E-state index contributed by atoms with van der Waals surface area (Å²) in [6.45, 7) is 8.85. The van der Waals surface area contributed by atoms with Crippen LogP contribution in [0, 0.1) is 0 Å². The second-order valence-electron chi connectivity index (χ2n) is 11.9. The standard InChI is InChI=1S/C44H44N2/c1-5-33-13-9-17-41(29-33)45(42-18-10-14-34(6-2)30-42)39-25-21-37(22-26-39)38-23-27-40(28-24-38)46(43-19-11-15-35(7-3)31-43)44-20-12-16-36(8-4)32-44/h9-32H,5-8H2,1-4H3. The van der Waals surface area contributed by atoms with Crippen LogP contribution in [-0.2, 0) is 25.7 Å². The van der Waals surface area contributed by atoms with Crippen LogP contribution in [0.15, 0.2) is 146 Å². The van der Waals surface area contributed by atoms with Crippen molar-refractivity contribution >= 4 is 34.1 Å². The Morgan fingerprint density at radius 3 is 0.804 bits per heavy atom. The van der Waals surface area contributed by atoms with Gasteiger partial charge in [0.1, 0.15) is 0 Å². The summed E-state index contributed by atoms with van der Waals surface area (Å²) >= 11 is 0. The van der Waals surface area contributed by atoms with Crippen molar-refractivity contribution in [3.05, 3.63) is 168 Å². The molecule has 0 aromatic heterocycles. The van der Waals surface area contributed by atoms with E-state index in [1.54, 1.807) is 0 Å². The fourth-order valence-electron chi connectivity index (χ4n) is 6.16. The highest BCUT2D eigenvalue weighted by atomic mass is 15.1. The average molecular weight is 601 g/mol. The molecule has 0 radical (unpaired) electrons. The summed E-state index contributed by atoms with van der Waals surface area (Å²) in [7, 11) is 0. The molecular formula is C44H44N2. The Kier molecular flexibility index (Phi) is 9.65. The van der Waals surface area contributed by atoms with Crippen molar-refractivity contribution in [3.8, 4) is 11.1 Å². The Bertz CT molecular complexity index is 1650. The summed E-state index contributed by atoms with van der Waals surface area (Å²) in [5.41, 5.74) is 14.8. The number of benzene rings is 6. The van der Waals surface area contributed by atoms with E-state index >= 15 is 0 Å². The predicted octanol–water partition coefficient (Wildman–Crippen LogP) is 12.5. The summed E-state index contributed by atoms with van der Waals surface area (Å²) in [6.07, 6.45) is 4.04. The minimum Gasteiger partial charge on any atom is -0.310 e. The molecule has 0 spiro atoms. The first-order valence-corrected chi connectivity index (χ1v) is 16.8. The molecule has 6 rings (SSSR count). The van der Waals surface area contributed by atoms with Crippen LogP contribution in [0.4, 0.5) is 34.1 Å². The molecule has 0 fully saturated rings. The maximum atomic E-state index is 2.37. The van der Waals surface area contributed by atoms with Crippen LogP contribution in [0.5, 0.6) is 0 Å². The normalized spacial score (nSPS) is 11.0. The van der Waals surface area contributed by atoms with Gasteiger partial charge in [0.05, 0.1) is 0 Å². The fourth-order valence-corrected chi connectivity index (χ4v) is 6.16. The molecule has 6 aromatic carbocycles. The number of aryl methyl sites for hydroxylation is 4. The Morgan fingerprint density at radius 1 is 0.304 bits per heavy atom. The molecule has 0 atom stereocenters. The van der Waals surface area contributed by atoms with Crippen molar-refractivity contribution in [3.63, 3.8) is 0 Å². The summed E-state index contributed by atoms with van der Waals surface area (Å²) in [4.78, 5) is 4.75. The third-order valence-corrected chi connectivity index (χ3v) is 8.89. The fraction of sp³-hybridized carbons (Fsp3) is 0.182. The average Bonchev–Trinajstić information content (AvgIpc) is 3.13. The molecule has 0 saturated heterocycles. The van der Waals surface area contributed by atoms with Gasteiger partial charge in [-0.15, -0.1) is 0 Å².